The Bertz CT molecular complexity index is 1090. The maximum absolute atomic E-state index is 9.70. The van der Waals surface area contributed by atoms with Gasteiger partial charge in [-0.2, -0.15) is 0 Å². The van der Waals surface area contributed by atoms with Crippen LogP contribution in [0.1, 0.15) is 61.3 Å². The molecule has 0 aliphatic carbocycles. The Hall–Kier alpha value is -1.99. The Kier molecular flexibility index (Phi) is 9.04. The summed E-state index contributed by atoms with van der Waals surface area (Å²) < 4.78 is 11.7. The van der Waals surface area contributed by atoms with Crippen molar-refractivity contribution < 1.29 is 14.6 Å². The molecular formula is C31H44ClN3O3. The van der Waals surface area contributed by atoms with Crippen LogP contribution in [-0.2, 0) is 0 Å². The molecule has 2 aromatic carbocycles. The number of methoxy groups -OCH3 is 1. The van der Waals surface area contributed by atoms with Crippen LogP contribution in [0.25, 0.3) is 0 Å². The van der Waals surface area contributed by atoms with E-state index in [9.17, 15) is 5.11 Å². The minimum absolute atomic E-state index is 0.109. The van der Waals surface area contributed by atoms with Crippen molar-refractivity contribution in [1.29, 1.82) is 0 Å². The Morgan fingerprint density at radius 1 is 0.947 bits per heavy atom. The van der Waals surface area contributed by atoms with E-state index >= 15 is 0 Å². The summed E-state index contributed by atoms with van der Waals surface area (Å²) in [5.41, 5.74) is 5.31. The lowest BCUT2D eigenvalue weighted by Gasteiger charge is -2.49. The first-order valence-electron chi connectivity index (χ1n) is 14.4. The highest BCUT2D eigenvalue weighted by atomic mass is 35.5. The van der Waals surface area contributed by atoms with E-state index in [-0.39, 0.29) is 6.10 Å². The van der Waals surface area contributed by atoms with Crippen molar-refractivity contribution in [2.75, 3.05) is 57.9 Å². The van der Waals surface area contributed by atoms with Gasteiger partial charge >= 0.3 is 0 Å². The number of aliphatic hydroxyl groups excluding tert-OH is 1. The molecule has 2 unspecified atom stereocenters. The third-order valence-electron chi connectivity index (χ3n) is 9.02. The van der Waals surface area contributed by atoms with Crippen molar-refractivity contribution in [3.8, 4) is 11.5 Å². The van der Waals surface area contributed by atoms with Crippen LogP contribution in [0.3, 0.4) is 0 Å². The molecule has 3 saturated heterocycles. The first-order chi connectivity index (χ1) is 18.4. The van der Waals surface area contributed by atoms with E-state index in [1.165, 1.54) is 41.6 Å². The summed E-state index contributed by atoms with van der Waals surface area (Å²) in [6.07, 6.45) is 6.42. The Morgan fingerprint density at radius 3 is 2.55 bits per heavy atom. The SMILES string of the molecule is COc1cc(N2CCN3C(CCCC3c3ccc(OCCCN4CCC(O)CC4)c(C)c3C)C2)ccc1Cl. The largest absolute Gasteiger partial charge is 0.495 e. The van der Waals surface area contributed by atoms with Crippen molar-refractivity contribution in [2.45, 2.75) is 70.6 Å². The number of benzene rings is 2. The average molecular weight is 542 g/mol. The normalized spacial score (nSPS) is 23.3. The number of nitrogens with zero attached hydrogens (tertiary/aromatic N) is 3. The molecule has 2 atom stereocenters. The Labute approximate surface area is 233 Å². The molecule has 5 rings (SSSR count). The number of hydrogen-bond acceptors (Lipinski definition) is 6. The number of piperazine rings is 1. The highest BCUT2D eigenvalue weighted by Gasteiger charge is 2.36. The lowest BCUT2D eigenvalue weighted by molar-refractivity contribution is 0.0712. The molecular weight excluding hydrogens is 498 g/mol. The monoisotopic (exact) mass is 541 g/mol. The molecule has 3 fully saturated rings. The van der Waals surface area contributed by atoms with Gasteiger partial charge < -0.3 is 24.4 Å². The van der Waals surface area contributed by atoms with Crippen molar-refractivity contribution >= 4 is 17.3 Å². The van der Waals surface area contributed by atoms with Gasteiger partial charge in [0.2, 0.25) is 0 Å². The quantitative estimate of drug-likeness (QED) is 0.439. The molecule has 208 valence electrons. The fourth-order valence-electron chi connectivity index (χ4n) is 6.61. The van der Waals surface area contributed by atoms with Crippen molar-refractivity contribution in [3.05, 3.63) is 52.0 Å². The van der Waals surface area contributed by atoms with Gasteiger partial charge in [0.05, 0.1) is 24.8 Å². The summed E-state index contributed by atoms with van der Waals surface area (Å²) in [5.74, 6) is 1.77. The van der Waals surface area contributed by atoms with E-state index in [1.54, 1.807) is 7.11 Å². The first-order valence-corrected chi connectivity index (χ1v) is 14.8. The van der Waals surface area contributed by atoms with E-state index < -0.39 is 0 Å². The summed E-state index contributed by atoms with van der Waals surface area (Å²) in [6, 6.07) is 11.7. The van der Waals surface area contributed by atoms with E-state index in [1.807, 2.05) is 6.07 Å². The molecule has 3 heterocycles. The van der Waals surface area contributed by atoms with Crippen LogP contribution in [0, 0.1) is 13.8 Å². The number of aliphatic hydroxyl groups is 1. The lowest BCUT2D eigenvalue weighted by Crippen LogP contribution is -2.56. The molecule has 0 bridgehead atoms. The molecule has 38 heavy (non-hydrogen) atoms. The highest BCUT2D eigenvalue weighted by Crippen LogP contribution is 2.40. The molecule has 6 nitrogen and oxygen atoms in total. The van der Waals surface area contributed by atoms with Gasteiger partial charge in [0.25, 0.3) is 0 Å². The fourth-order valence-corrected chi connectivity index (χ4v) is 6.81. The van der Waals surface area contributed by atoms with E-state index in [4.69, 9.17) is 21.1 Å². The van der Waals surface area contributed by atoms with Crippen molar-refractivity contribution in [2.24, 2.45) is 0 Å². The van der Waals surface area contributed by atoms with Gasteiger partial charge in [-0.1, -0.05) is 17.7 Å². The first kappa shape index (κ1) is 27.6. The van der Waals surface area contributed by atoms with Crippen molar-refractivity contribution in [1.82, 2.24) is 9.80 Å². The second kappa shape index (κ2) is 12.5. The minimum Gasteiger partial charge on any atom is -0.495 e. The predicted molar refractivity (Wildman–Crippen MR) is 155 cm³/mol. The zero-order chi connectivity index (χ0) is 26.6. The molecule has 1 N–H and O–H groups in total. The lowest BCUT2D eigenvalue weighted by atomic mass is 9.86. The second-order valence-electron chi connectivity index (χ2n) is 11.3. The summed E-state index contributed by atoms with van der Waals surface area (Å²) in [6.45, 7) is 11.4. The zero-order valence-corrected chi connectivity index (χ0v) is 24.1. The van der Waals surface area contributed by atoms with Gasteiger partial charge in [-0.3, -0.25) is 4.90 Å². The number of hydrogen-bond donors (Lipinski definition) is 1. The smallest absolute Gasteiger partial charge is 0.139 e. The summed E-state index contributed by atoms with van der Waals surface area (Å²) >= 11 is 6.27. The van der Waals surface area contributed by atoms with E-state index in [0.29, 0.717) is 17.1 Å². The third-order valence-corrected chi connectivity index (χ3v) is 9.33. The summed E-state index contributed by atoms with van der Waals surface area (Å²) in [5, 5.41) is 10.4. The topological polar surface area (TPSA) is 48.4 Å². The predicted octanol–water partition coefficient (Wildman–Crippen LogP) is 5.61. The fraction of sp³-hybridized carbons (Fsp3) is 0.613. The van der Waals surface area contributed by atoms with Crippen LogP contribution in [-0.4, -0.2) is 80.0 Å². The highest BCUT2D eigenvalue weighted by molar-refractivity contribution is 6.32. The van der Waals surface area contributed by atoms with Crippen LogP contribution in [0.4, 0.5) is 5.69 Å². The Balaban J connectivity index is 1.20. The molecule has 0 saturated carbocycles. The van der Waals surface area contributed by atoms with Gasteiger partial charge in [0.1, 0.15) is 11.5 Å². The van der Waals surface area contributed by atoms with Gasteiger partial charge in [-0.25, -0.2) is 0 Å². The maximum atomic E-state index is 9.70. The van der Waals surface area contributed by atoms with E-state index in [2.05, 4.69) is 52.8 Å². The summed E-state index contributed by atoms with van der Waals surface area (Å²) in [4.78, 5) is 7.69. The van der Waals surface area contributed by atoms with Crippen molar-refractivity contribution in [3.63, 3.8) is 0 Å². The number of anilines is 1. The van der Waals surface area contributed by atoms with E-state index in [0.717, 1.165) is 76.6 Å². The van der Waals surface area contributed by atoms with Crippen LogP contribution >= 0.6 is 11.6 Å². The van der Waals surface area contributed by atoms with Crippen LogP contribution in [0.15, 0.2) is 30.3 Å². The van der Waals surface area contributed by atoms with Crippen LogP contribution in [0.2, 0.25) is 5.02 Å². The number of halogens is 1. The molecule has 3 aliphatic heterocycles. The molecule has 0 aromatic heterocycles. The number of fused-ring (bicyclic) bond motifs is 1. The van der Waals surface area contributed by atoms with Gasteiger partial charge in [0, 0.05) is 63.1 Å². The van der Waals surface area contributed by atoms with Crippen LogP contribution in [0.5, 0.6) is 11.5 Å². The second-order valence-corrected chi connectivity index (χ2v) is 11.7. The molecule has 2 aromatic rings. The van der Waals surface area contributed by atoms with Gasteiger partial charge in [-0.15, -0.1) is 0 Å². The molecule has 0 radical (unpaired) electrons. The molecule has 0 amide bonds. The van der Waals surface area contributed by atoms with Gasteiger partial charge in [-0.05, 0) is 87.3 Å². The molecule has 3 aliphatic rings. The third kappa shape index (κ3) is 6.09. The standard InChI is InChI=1S/C31H44ClN3O3/c1-22-23(2)30(38-19-5-14-33-15-12-26(36)13-16-33)11-9-27(22)29-7-4-6-25-21-34(17-18-35(25)29)24-8-10-28(32)31(20-24)37-3/h8-11,20,25-26,29,36H,4-7,12-19,21H2,1-3H3. The van der Waals surface area contributed by atoms with Gasteiger partial charge in [0.15, 0.2) is 0 Å². The average Bonchev–Trinajstić information content (AvgIpc) is 2.94. The Morgan fingerprint density at radius 2 is 1.76 bits per heavy atom. The number of likely N-dealkylation sites (tertiary alicyclic amines) is 1. The zero-order valence-electron chi connectivity index (χ0n) is 23.3. The summed E-state index contributed by atoms with van der Waals surface area (Å²) in [7, 11) is 1.68. The minimum atomic E-state index is -0.109. The number of rotatable bonds is 8. The van der Waals surface area contributed by atoms with Crippen LogP contribution < -0.4 is 14.4 Å². The number of piperidine rings is 2. The molecule has 7 heteroatoms. The number of ether oxygens (including phenoxy) is 2. The molecule has 0 spiro atoms. The maximum Gasteiger partial charge on any atom is 0.139 e.